The fraction of sp³-hybridized carbons (Fsp3) is 0.500. The maximum Gasteiger partial charge on any atom is 0.131 e. The monoisotopic (exact) mass is 305 g/mol. The molecule has 2 rings (SSSR count). The smallest absolute Gasteiger partial charge is 0.131 e. The fourth-order valence-corrected chi connectivity index (χ4v) is 2.81. The van der Waals surface area contributed by atoms with E-state index in [0.717, 1.165) is 37.8 Å². The molecule has 0 unspecified atom stereocenters. The lowest BCUT2D eigenvalue weighted by molar-refractivity contribution is 0.140. The van der Waals surface area contributed by atoms with E-state index < -0.39 is 0 Å². The van der Waals surface area contributed by atoms with Crippen LogP contribution in [0.3, 0.4) is 0 Å². The first-order chi connectivity index (χ1) is 10.2. The van der Waals surface area contributed by atoms with Gasteiger partial charge in [0.25, 0.3) is 0 Å². The van der Waals surface area contributed by atoms with Crippen molar-refractivity contribution in [2.45, 2.75) is 32.9 Å². The second kappa shape index (κ2) is 8.22. The number of hydrogen-bond acceptors (Lipinski definition) is 5. The number of nitrogens with zero attached hydrogens (tertiary/aromatic N) is 3. The number of methoxy groups -OCH3 is 1. The predicted octanol–water partition coefficient (Wildman–Crippen LogP) is 3.31. The molecule has 0 amide bonds. The van der Waals surface area contributed by atoms with Crippen LogP contribution in [0.4, 0.5) is 0 Å². The van der Waals surface area contributed by atoms with Gasteiger partial charge in [0.2, 0.25) is 0 Å². The summed E-state index contributed by atoms with van der Waals surface area (Å²) in [5.74, 6) is 1.27. The summed E-state index contributed by atoms with van der Waals surface area (Å²) in [6.07, 6.45) is 1.86. The average Bonchev–Trinajstić information content (AvgIpc) is 2.98. The Hall–Kier alpha value is -1.30. The quantitative estimate of drug-likeness (QED) is 0.750. The third kappa shape index (κ3) is 5.19. The molecule has 0 atom stereocenters. The van der Waals surface area contributed by atoms with Crippen LogP contribution in [0.15, 0.2) is 29.8 Å². The Bertz CT molecular complexity index is 528. The van der Waals surface area contributed by atoms with E-state index in [4.69, 9.17) is 4.74 Å². The molecule has 0 bridgehead atoms. The molecule has 0 saturated heterocycles. The standard InChI is InChI=1S/C16H23N3OS/c1-13(2)16-17-7-6-14(18-16)11-19(8-9-20-3)12-15-5-4-10-21-15/h4-7,10,13H,8-9,11-12H2,1-3H3. The van der Waals surface area contributed by atoms with Crippen LogP contribution in [0.1, 0.15) is 36.2 Å². The summed E-state index contributed by atoms with van der Waals surface area (Å²) >= 11 is 1.79. The highest BCUT2D eigenvalue weighted by atomic mass is 32.1. The zero-order chi connectivity index (χ0) is 15.1. The largest absolute Gasteiger partial charge is 0.383 e. The van der Waals surface area contributed by atoms with Gasteiger partial charge in [-0.25, -0.2) is 9.97 Å². The maximum absolute atomic E-state index is 5.22. The van der Waals surface area contributed by atoms with Gasteiger partial charge in [-0.2, -0.15) is 0 Å². The minimum absolute atomic E-state index is 0.356. The van der Waals surface area contributed by atoms with Crippen LogP contribution in [-0.4, -0.2) is 35.1 Å². The van der Waals surface area contributed by atoms with E-state index in [1.807, 2.05) is 12.3 Å². The van der Waals surface area contributed by atoms with Crippen LogP contribution in [0.25, 0.3) is 0 Å². The van der Waals surface area contributed by atoms with E-state index in [-0.39, 0.29) is 0 Å². The SMILES string of the molecule is COCCN(Cc1ccnc(C(C)C)n1)Cc1cccs1. The second-order valence-electron chi connectivity index (χ2n) is 5.34. The number of thiophene rings is 1. The molecule has 0 radical (unpaired) electrons. The summed E-state index contributed by atoms with van der Waals surface area (Å²) in [7, 11) is 1.74. The summed E-state index contributed by atoms with van der Waals surface area (Å²) in [4.78, 5) is 12.7. The van der Waals surface area contributed by atoms with Crippen molar-refractivity contribution < 1.29 is 4.74 Å². The van der Waals surface area contributed by atoms with Crippen LogP contribution < -0.4 is 0 Å². The molecule has 21 heavy (non-hydrogen) atoms. The van der Waals surface area contributed by atoms with Crippen LogP contribution >= 0.6 is 11.3 Å². The zero-order valence-electron chi connectivity index (χ0n) is 13.0. The first kappa shape index (κ1) is 16.1. The highest BCUT2D eigenvalue weighted by Crippen LogP contribution is 2.14. The third-order valence-electron chi connectivity index (χ3n) is 3.21. The molecule has 4 nitrogen and oxygen atoms in total. The van der Waals surface area contributed by atoms with Crippen molar-refractivity contribution in [3.05, 3.63) is 46.2 Å². The molecule has 5 heteroatoms. The second-order valence-corrected chi connectivity index (χ2v) is 6.38. The summed E-state index contributed by atoms with van der Waals surface area (Å²) in [6, 6.07) is 6.26. The van der Waals surface area contributed by atoms with Crippen molar-refractivity contribution in [2.24, 2.45) is 0 Å². The van der Waals surface area contributed by atoms with Crippen LogP contribution in [0.2, 0.25) is 0 Å². The molecule has 2 aromatic heterocycles. The van der Waals surface area contributed by atoms with Crippen molar-refractivity contribution in [3.63, 3.8) is 0 Å². The molecule has 0 aliphatic heterocycles. The molecule has 2 heterocycles. The minimum atomic E-state index is 0.356. The molecule has 0 saturated carbocycles. The van der Waals surface area contributed by atoms with Crippen molar-refractivity contribution in [1.29, 1.82) is 0 Å². The van der Waals surface area contributed by atoms with Gasteiger partial charge >= 0.3 is 0 Å². The Labute approximate surface area is 130 Å². The lowest BCUT2D eigenvalue weighted by atomic mass is 10.2. The Kier molecular flexibility index (Phi) is 6.29. The van der Waals surface area contributed by atoms with E-state index in [2.05, 4.69) is 46.2 Å². The summed E-state index contributed by atoms with van der Waals surface area (Å²) in [6.45, 7) is 7.62. The highest BCUT2D eigenvalue weighted by Gasteiger charge is 2.10. The van der Waals surface area contributed by atoms with Gasteiger partial charge in [0, 0.05) is 43.7 Å². The van der Waals surface area contributed by atoms with Crippen molar-refractivity contribution in [1.82, 2.24) is 14.9 Å². The van der Waals surface area contributed by atoms with E-state index in [0.29, 0.717) is 5.92 Å². The van der Waals surface area contributed by atoms with E-state index >= 15 is 0 Å². The van der Waals surface area contributed by atoms with Crippen molar-refractivity contribution in [2.75, 3.05) is 20.3 Å². The molecule has 2 aromatic rings. The predicted molar refractivity (Wildman–Crippen MR) is 86.4 cm³/mol. The van der Waals surface area contributed by atoms with Gasteiger partial charge in [-0.15, -0.1) is 11.3 Å². The average molecular weight is 305 g/mol. The van der Waals surface area contributed by atoms with Gasteiger partial charge in [-0.3, -0.25) is 4.90 Å². The molecular weight excluding hydrogens is 282 g/mol. The maximum atomic E-state index is 5.22. The normalized spacial score (nSPS) is 11.5. The topological polar surface area (TPSA) is 38.2 Å². The van der Waals surface area contributed by atoms with Crippen molar-refractivity contribution in [3.8, 4) is 0 Å². The lowest BCUT2D eigenvalue weighted by Gasteiger charge is -2.21. The summed E-state index contributed by atoms with van der Waals surface area (Å²) in [5.41, 5.74) is 1.07. The zero-order valence-corrected chi connectivity index (χ0v) is 13.8. The van der Waals surface area contributed by atoms with Gasteiger partial charge in [0.15, 0.2) is 0 Å². The van der Waals surface area contributed by atoms with Gasteiger partial charge in [0.05, 0.1) is 12.3 Å². The van der Waals surface area contributed by atoms with Crippen LogP contribution in [0.5, 0.6) is 0 Å². The summed E-state index contributed by atoms with van der Waals surface area (Å²) in [5, 5.41) is 2.12. The number of hydrogen-bond donors (Lipinski definition) is 0. The molecule has 0 aliphatic carbocycles. The van der Waals surface area contributed by atoms with E-state index in [1.54, 1.807) is 18.4 Å². The number of rotatable bonds is 8. The molecule has 0 spiro atoms. The van der Waals surface area contributed by atoms with Gasteiger partial charge in [-0.05, 0) is 17.5 Å². The molecule has 114 valence electrons. The molecular formula is C16H23N3OS. The van der Waals surface area contributed by atoms with E-state index in [1.165, 1.54) is 4.88 Å². The molecule has 0 aromatic carbocycles. The fourth-order valence-electron chi connectivity index (χ4n) is 2.07. The Morgan fingerprint density at radius 2 is 2.14 bits per heavy atom. The molecule has 0 aliphatic rings. The first-order valence-electron chi connectivity index (χ1n) is 7.24. The molecule has 0 fully saturated rings. The lowest BCUT2D eigenvalue weighted by Crippen LogP contribution is -2.27. The van der Waals surface area contributed by atoms with Gasteiger partial charge < -0.3 is 4.74 Å². The summed E-state index contributed by atoms with van der Waals surface area (Å²) < 4.78 is 5.22. The van der Waals surface area contributed by atoms with E-state index in [9.17, 15) is 0 Å². The van der Waals surface area contributed by atoms with Crippen molar-refractivity contribution >= 4 is 11.3 Å². The minimum Gasteiger partial charge on any atom is -0.383 e. The Balaban J connectivity index is 2.04. The third-order valence-corrected chi connectivity index (χ3v) is 4.07. The van der Waals surface area contributed by atoms with Gasteiger partial charge in [0.1, 0.15) is 5.82 Å². The van der Waals surface area contributed by atoms with Crippen LogP contribution in [0, 0.1) is 0 Å². The first-order valence-corrected chi connectivity index (χ1v) is 8.12. The Morgan fingerprint density at radius 1 is 1.29 bits per heavy atom. The highest BCUT2D eigenvalue weighted by molar-refractivity contribution is 7.09. The number of ether oxygens (including phenoxy) is 1. The van der Waals surface area contributed by atoms with Gasteiger partial charge in [-0.1, -0.05) is 19.9 Å². The molecule has 0 N–H and O–H groups in total. The Morgan fingerprint density at radius 3 is 2.81 bits per heavy atom. The van der Waals surface area contributed by atoms with Crippen LogP contribution in [-0.2, 0) is 17.8 Å². The number of aromatic nitrogens is 2.